The molecule has 2 aliphatic rings. The summed E-state index contributed by atoms with van der Waals surface area (Å²) in [5.41, 5.74) is -0.473. The molecule has 2 aliphatic heterocycles. The van der Waals surface area contributed by atoms with Crippen molar-refractivity contribution >= 4 is 11.9 Å². The molecule has 2 heterocycles. The third-order valence-corrected chi connectivity index (χ3v) is 3.59. The van der Waals surface area contributed by atoms with Crippen LogP contribution in [0.3, 0.4) is 0 Å². The normalized spacial score (nSPS) is 29.3. The van der Waals surface area contributed by atoms with Gasteiger partial charge in [0, 0.05) is 31.6 Å². The first-order chi connectivity index (χ1) is 8.28. The summed E-state index contributed by atoms with van der Waals surface area (Å²) >= 11 is 0. The van der Waals surface area contributed by atoms with E-state index in [0.29, 0.717) is 19.5 Å². The SMILES string of the molecule is C[C@H]1[C@@H]2CC(=O)CN2CCN1C(=O)OC(C)(C)C. The van der Waals surface area contributed by atoms with Crippen molar-refractivity contribution in [3.63, 3.8) is 0 Å². The smallest absolute Gasteiger partial charge is 0.410 e. The van der Waals surface area contributed by atoms with Crippen LogP contribution in [0.4, 0.5) is 4.79 Å². The molecule has 2 rings (SSSR count). The van der Waals surface area contributed by atoms with E-state index in [2.05, 4.69) is 4.90 Å². The molecule has 0 aliphatic carbocycles. The number of amides is 1. The number of Topliss-reactive ketones (excluding diaryl/α,β-unsaturated/α-hetero) is 1. The standard InChI is InChI=1S/C13H22N2O3/c1-9-11-7-10(16)8-14(11)5-6-15(9)12(17)18-13(2,3)4/h9,11H,5-8H2,1-4H3/t9-,11-/m0/s1. The molecule has 1 amide bonds. The topological polar surface area (TPSA) is 49.9 Å². The van der Waals surface area contributed by atoms with Gasteiger partial charge in [-0.3, -0.25) is 9.69 Å². The molecule has 102 valence electrons. The second-order valence-corrected chi connectivity index (χ2v) is 6.19. The Kier molecular flexibility index (Phi) is 3.36. The Labute approximate surface area is 108 Å². The van der Waals surface area contributed by atoms with Gasteiger partial charge in [-0.2, -0.15) is 0 Å². The van der Waals surface area contributed by atoms with Gasteiger partial charge in [0.2, 0.25) is 0 Å². The number of nitrogens with zero attached hydrogens (tertiary/aromatic N) is 2. The van der Waals surface area contributed by atoms with E-state index in [1.54, 1.807) is 4.90 Å². The van der Waals surface area contributed by atoms with E-state index in [-0.39, 0.29) is 24.0 Å². The van der Waals surface area contributed by atoms with Crippen LogP contribution in [0.1, 0.15) is 34.1 Å². The lowest BCUT2D eigenvalue weighted by atomic mass is 10.0. The number of carbonyl (C=O) groups is 2. The first-order valence-corrected chi connectivity index (χ1v) is 6.53. The first-order valence-electron chi connectivity index (χ1n) is 6.53. The number of piperazine rings is 1. The van der Waals surface area contributed by atoms with Crippen LogP contribution in [-0.4, -0.2) is 59.0 Å². The average molecular weight is 254 g/mol. The predicted molar refractivity (Wildman–Crippen MR) is 67.4 cm³/mol. The molecule has 2 saturated heterocycles. The van der Waals surface area contributed by atoms with Crippen molar-refractivity contribution in [1.29, 1.82) is 0 Å². The highest BCUT2D eigenvalue weighted by atomic mass is 16.6. The Bertz CT molecular complexity index is 362. The van der Waals surface area contributed by atoms with Crippen molar-refractivity contribution in [3.05, 3.63) is 0 Å². The fraction of sp³-hybridized carbons (Fsp3) is 0.846. The quantitative estimate of drug-likeness (QED) is 0.653. The largest absolute Gasteiger partial charge is 0.444 e. The van der Waals surface area contributed by atoms with Crippen LogP contribution >= 0.6 is 0 Å². The summed E-state index contributed by atoms with van der Waals surface area (Å²) in [6.07, 6.45) is 0.287. The van der Waals surface area contributed by atoms with Gasteiger partial charge in [-0.05, 0) is 27.7 Å². The van der Waals surface area contributed by atoms with Crippen molar-refractivity contribution in [2.45, 2.75) is 51.8 Å². The maximum Gasteiger partial charge on any atom is 0.410 e. The van der Waals surface area contributed by atoms with Gasteiger partial charge in [0.05, 0.1) is 6.54 Å². The van der Waals surface area contributed by atoms with Gasteiger partial charge in [0.25, 0.3) is 0 Å². The minimum atomic E-state index is -0.473. The van der Waals surface area contributed by atoms with Crippen molar-refractivity contribution in [3.8, 4) is 0 Å². The van der Waals surface area contributed by atoms with Crippen LogP contribution in [0.5, 0.6) is 0 Å². The summed E-state index contributed by atoms with van der Waals surface area (Å²) in [6, 6.07) is 0.207. The average Bonchev–Trinajstić information content (AvgIpc) is 2.57. The summed E-state index contributed by atoms with van der Waals surface area (Å²) < 4.78 is 5.41. The Balaban J connectivity index is 2.03. The maximum atomic E-state index is 12.1. The molecule has 2 fully saturated rings. The molecule has 5 heteroatoms. The number of ether oxygens (including phenoxy) is 1. The highest BCUT2D eigenvalue weighted by molar-refractivity contribution is 5.83. The molecular weight excluding hydrogens is 232 g/mol. The minimum Gasteiger partial charge on any atom is -0.444 e. The molecule has 2 atom stereocenters. The van der Waals surface area contributed by atoms with E-state index < -0.39 is 5.60 Å². The zero-order valence-corrected chi connectivity index (χ0v) is 11.6. The van der Waals surface area contributed by atoms with Crippen molar-refractivity contribution in [2.75, 3.05) is 19.6 Å². The Hall–Kier alpha value is -1.10. The van der Waals surface area contributed by atoms with Crippen molar-refractivity contribution in [1.82, 2.24) is 9.80 Å². The molecular formula is C13H22N2O3. The van der Waals surface area contributed by atoms with Gasteiger partial charge < -0.3 is 9.64 Å². The van der Waals surface area contributed by atoms with Crippen LogP contribution in [-0.2, 0) is 9.53 Å². The molecule has 5 nitrogen and oxygen atoms in total. The summed E-state index contributed by atoms with van der Waals surface area (Å²) in [5.74, 6) is 0.276. The third-order valence-electron chi connectivity index (χ3n) is 3.59. The molecule has 18 heavy (non-hydrogen) atoms. The first kappa shape index (κ1) is 13.3. The number of hydrogen-bond acceptors (Lipinski definition) is 4. The number of rotatable bonds is 0. The molecule has 0 aromatic rings. The van der Waals surface area contributed by atoms with Crippen molar-refractivity contribution in [2.24, 2.45) is 0 Å². The summed E-state index contributed by atoms with van der Waals surface area (Å²) in [5, 5.41) is 0. The highest BCUT2D eigenvalue weighted by Gasteiger charge is 2.42. The number of ketones is 1. The van der Waals surface area contributed by atoms with Gasteiger partial charge in [-0.1, -0.05) is 0 Å². The van der Waals surface area contributed by atoms with Crippen LogP contribution in [0, 0.1) is 0 Å². The fourth-order valence-electron chi connectivity index (χ4n) is 2.72. The fourth-order valence-corrected chi connectivity index (χ4v) is 2.72. The second-order valence-electron chi connectivity index (χ2n) is 6.19. The van der Waals surface area contributed by atoms with E-state index in [1.807, 2.05) is 27.7 Å². The molecule has 0 unspecified atom stereocenters. The Morgan fingerprint density at radius 1 is 1.33 bits per heavy atom. The van der Waals surface area contributed by atoms with Crippen LogP contribution in [0.15, 0.2) is 0 Å². The maximum absolute atomic E-state index is 12.1. The molecule has 0 radical (unpaired) electrons. The lowest BCUT2D eigenvalue weighted by Crippen LogP contribution is -2.58. The molecule has 0 aromatic heterocycles. The van der Waals surface area contributed by atoms with Gasteiger partial charge in [-0.15, -0.1) is 0 Å². The molecule has 0 spiro atoms. The van der Waals surface area contributed by atoms with Crippen LogP contribution < -0.4 is 0 Å². The Morgan fingerprint density at radius 3 is 2.61 bits per heavy atom. The third kappa shape index (κ3) is 2.66. The summed E-state index contributed by atoms with van der Waals surface area (Å²) in [6.45, 7) is 9.54. The summed E-state index contributed by atoms with van der Waals surface area (Å²) in [4.78, 5) is 27.5. The number of hydrogen-bond donors (Lipinski definition) is 0. The lowest BCUT2D eigenvalue weighted by molar-refractivity contribution is -0.116. The number of fused-ring (bicyclic) bond motifs is 1. The van der Waals surface area contributed by atoms with Crippen LogP contribution in [0.25, 0.3) is 0 Å². The van der Waals surface area contributed by atoms with Gasteiger partial charge in [0.15, 0.2) is 0 Å². The van der Waals surface area contributed by atoms with Gasteiger partial charge in [-0.25, -0.2) is 4.79 Å². The molecule has 0 N–H and O–H groups in total. The van der Waals surface area contributed by atoms with E-state index in [9.17, 15) is 9.59 Å². The predicted octanol–water partition coefficient (Wildman–Crippen LogP) is 1.27. The van der Waals surface area contributed by atoms with E-state index in [4.69, 9.17) is 4.74 Å². The minimum absolute atomic E-state index is 0.0417. The Morgan fingerprint density at radius 2 is 2.00 bits per heavy atom. The molecule has 0 bridgehead atoms. The van der Waals surface area contributed by atoms with E-state index in [0.717, 1.165) is 6.54 Å². The molecule has 0 saturated carbocycles. The van der Waals surface area contributed by atoms with Gasteiger partial charge in [0.1, 0.15) is 11.4 Å². The van der Waals surface area contributed by atoms with E-state index >= 15 is 0 Å². The summed E-state index contributed by atoms with van der Waals surface area (Å²) in [7, 11) is 0. The lowest BCUT2D eigenvalue weighted by Gasteiger charge is -2.42. The van der Waals surface area contributed by atoms with Crippen LogP contribution in [0.2, 0.25) is 0 Å². The number of carbonyl (C=O) groups excluding carboxylic acids is 2. The van der Waals surface area contributed by atoms with Crippen molar-refractivity contribution < 1.29 is 14.3 Å². The monoisotopic (exact) mass is 254 g/mol. The zero-order chi connectivity index (χ0) is 13.5. The highest BCUT2D eigenvalue weighted by Crippen LogP contribution is 2.26. The molecule has 0 aromatic carbocycles. The van der Waals surface area contributed by atoms with E-state index in [1.165, 1.54) is 0 Å². The zero-order valence-electron chi connectivity index (χ0n) is 11.6. The van der Waals surface area contributed by atoms with Gasteiger partial charge >= 0.3 is 6.09 Å². The second kappa shape index (κ2) is 4.53.